The number of carbonyl (C=O) groups is 1. The van der Waals surface area contributed by atoms with Crippen molar-refractivity contribution in [2.75, 3.05) is 6.61 Å². The predicted molar refractivity (Wildman–Crippen MR) is 70.9 cm³/mol. The number of carbonyl (C=O) groups excluding carboxylic acids is 1. The maximum absolute atomic E-state index is 11.4. The quantitative estimate of drug-likeness (QED) is 0.868. The molecule has 0 spiro atoms. The van der Waals surface area contributed by atoms with Gasteiger partial charge >= 0.3 is 0 Å². The average Bonchev–Trinajstić information content (AvgIpc) is 2.79. The van der Waals surface area contributed by atoms with E-state index in [4.69, 9.17) is 4.74 Å². The molecule has 102 valence electrons. The highest BCUT2D eigenvalue weighted by Gasteiger charge is 2.35. The number of amides is 1. The van der Waals surface area contributed by atoms with Gasteiger partial charge in [0.05, 0.1) is 18.8 Å². The molecule has 1 aliphatic carbocycles. The minimum absolute atomic E-state index is 0.00630. The van der Waals surface area contributed by atoms with Gasteiger partial charge in [-0.1, -0.05) is 6.07 Å². The van der Waals surface area contributed by atoms with Crippen LogP contribution in [-0.4, -0.2) is 23.7 Å². The first-order valence-corrected chi connectivity index (χ1v) is 6.84. The molecule has 19 heavy (non-hydrogen) atoms. The first kappa shape index (κ1) is 12.5. The lowest BCUT2D eigenvalue weighted by Gasteiger charge is -2.38. The summed E-state index contributed by atoms with van der Waals surface area (Å²) >= 11 is 0. The molecule has 0 aromatic heterocycles. The van der Waals surface area contributed by atoms with Gasteiger partial charge in [0.25, 0.3) is 0 Å². The normalized spacial score (nSPS) is 26.0. The number of fused-ring (bicyclic) bond motifs is 1. The molecule has 2 aliphatic rings. The fourth-order valence-corrected chi connectivity index (χ4v) is 2.99. The van der Waals surface area contributed by atoms with Crippen molar-refractivity contribution in [2.45, 2.75) is 38.3 Å². The van der Waals surface area contributed by atoms with E-state index in [-0.39, 0.29) is 18.1 Å². The zero-order valence-electron chi connectivity index (χ0n) is 11.1. The van der Waals surface area contributed by atoms with Crippen molar-refractivity contribution in [3.63, 3.8) is 0 Å². The second-order valence-corrected chi connectivity index (χ2v) is 5.53. The Morgan fingerprint density at radius 1 is 1.47 bits per heavy atom. The molecule has 1 fully saturated rings. The standard InChI is InChI=1S/C15H19NO3/c1-9(17)16-15(12-7-13(18)8-12)11-2-3-14-10(6-11)4-5-19-14/h2-3,6,12-13,15,18H,4-5,7-8H2,1H3,(H,16,17)/t12?,13?,15-/m0/s1. The summed E-state index contributed by atoms with van der Waals surface area (Å²) in [6, 6.07) is 6.15. The monoisotopic (exact) mass is 261 g/mol. The zero-order chi connectivity index (χ0) is 13.4. The van der Waals surface area contributed by atoms with E-state index < -0.39 is 0 Å². The van der Waals surface area contributed by atoms with Gasteiger partial charge in [-0.05, 0) is 42.0 Å². The number of benzene rings is 1. The molecule has 0 saturated heterocycles. The van der Waals surface area contributed by atoms with E-state index in [0.29, 0.717) is 5.92 Å². The van der Waals surface area contributed by atoms with Gasteiger partial charge in [-0.3, -0.25) is 4.79 Å². The largest absolute Gasteiger partial charge is 0.493 e. The fourth-order valence-electron chi connectivity index (χ4n) is 2.99. The number of aliphatic hydroxyl groups excluding tert-OH is 1. The van der Waals surface area contributed by atoms with Crippen molar-refractivity contribution in [1.82, 2.24) is 5.32 Å². The summed E-state index contributed by atoms with van der Waals surface area (Å²) in [6.45, 7) is 2.28. The van der Waals surface area contributed by atoms with Crippen LogP contribution in [0.25, 0.3) is 0 Å². The van der Waals surface area contributed by atoms with Gasteiger partial charge in [-0.25, -0.2) is 0 Å². The SMILES string of the molecule is CC(=O)N[C@@H](c1ccc2c(c1)CCO2)C1CC(O)C1. The van der Waals surface area contributed by atoms with Gasteiger partial charge in [0, 0.05) is 13.3 Å². The molecular formula is C15H19NO3. The Balaban J connectivity index is 1.84. The van der Waals surface area contributed by atoms with E-state index in [2.05, 4.69) is 11.4 Å². The number of rotatable bonds is 3. The molecule has 0 radical (unpaired) electrons. The minimum Gasteiger partial charge on any atom is -0.493 e. The third-order valence-corrected chi connectivity index (χ3v) is 4.05. The Hall–Kier alpha value is -1.55. The molecule has 0 unspecified atom stereocenters. The fraction of sp³-hybridized carbons (Fsp3) is 0.533. The van der Waals surface area contributed by atoms with Crippen molar-refractivity contribution >= 4 is 5.91 Å². The summed E-state index contributed by atoms with van der Waals surface area (Å²) in [6.07, 6.45) is 2.25. The number of aliphatic hydroxyl groups is 1. The van der Waals surface area contributed by atoms with Crippen LogP contribution in [0.3, 0.4) is 0 Å². The topological polar surface area (TPSA) is 58.6 Å². The van der Waals surface area contributed by atoms with E-state index in [1.807, 2.05) is 12.1 Å². The predicted octanol–water partition coefficient (Wildman–Crippen LogP) is 1.57. The second kappa shape index (κ2) is 4.85. The highest BCUT2D eigenvalue weighted by Crippen LogP contribution is 2.39. The highest BCUT2D eigenvalue weighted by molar-refractivity contribution is 5.73. The molecule has 0 bridgehead atoms. The summed E-state index contributed by atoms with van der Waals surface area (Å²) in [5.74, 6) is 1.27. The maximum atomic E-state index is 11.4. The molecule has 1 atom stereocenters. The van der Waals surface area contributed by atoms with Crippen LogP contribution in [0.15, 0.2) is 18.2 Å². The number of ether oxygens (including phenoxy) is 1. The summed E-state index contributed by atoms with van der Waals surface area (Å²) in [7, 11) is 0. The third-order valence-electron chi connectivity index (χ3n) is 4.05. The Morgan fingerprint density at radius 2 is 2.26 bits per heavy atom. The smallest absolute Gasteiger partial charge is 0.217 e. The van der Waals surface area contributed by atoms with Gasteiger partial charge in [0.15, 0.2) is 0 Å². The van der Waals surface area contributed by atoms with Gasteiger partial charge < -0.3 is 15.2 Å². The Kier molecular flexibility index (Phi) is 3.19. The first-order valence-electron chi connectivity index (χ1n) is 6.84. The zero-order valence-corrected chi connectivity index (χ0v) is 11.1. The van der Waals surface area contributed by atoms with E-state index in [1.54, 1.807) is 6.92 Å². The summed E-state index contributed by atoms with van der Waals surface area (Å²) in [5.41, 5.74) is 2.34. The lowest BCUT2D eigenvalue weighted by atomic mass is 9.75. The molecule has 3 rings (SSSR count). The molecule has 1 aromatic carbocycles. The van der Waals surface area contributed by atoms with Crippen LogP contribution in [0.4, 0.5) is 0 Å². The molecule has 1 amide bonds. The maximum Gasteiger partial charge on any atom is 0.217 e. The van der Waals surface area contributed by atoms with Crippen molar-refractivity contribution < 1.29 is 14.6 Å². The van der Waals surface area contributed by atoms with Crippen LogP contribution >= 0.6 is 0 Å². The van der Waals surface area contributed by atoms with E-state index in [9.17, 15) is 9.90 Å². The van der Waals surface area contributed by atoms with Gasteiger partial charge in [0.2, 0.25) is 5.91 Å². The Labute approximate surface area is 112 Å². The van der Waals surface area contributed by atoms with Crippen LogP contribution in [0.2, 0.25) is 0 Å². The molecule has 1 heterocycles. The molecule has 2 N–H and O–H groups in total. The molecular weight excluding hydrogens is 242 g/mol. The number of hydrogen-bond donors (Lipinski definition) is 2. The van der Waals surface area contributed by atoms with Crippen LogP contribution in [0.1, 0.15) is 36.9 Å². The van der Waals surface area contributed by atoms with Crippen LogP contribution in [-0.2, 0) is 11.2 Å². The average molecular weight is 261 g/mol. The molecule has 1 aliphatic heterocycles. The van der Waals surface area contributed by atoms with Gasteiger partial charge in [0.1, 0.15) is 5.75 Å². The van der Waals surface area contributed by atoms with E-state index >= 15 is 0 Å². The summed E-state index contributed by atoms with van der Waals surface area (Å²) < 4.78 is 5.50. The van der Waals surface area contributed by atoms with Crippen LogP contribution in [0, 0.1) is 5.92 Å². The molecule has 4 nitrogen and oxygen atoms in total. The van der Waals surface area contributed by atoms with Crippen molar-refractivity contribution in [1.29, 1.82) is 0 Å². The lowest BCUT2D eigenvalue weighted by Crippen LogP contribution is -2.40. The third kappa shape index (κ3) is 2.45. The van der Waals surface area contributed by atoms with Crippen LogP contribution in [0.5, 0.6) is 5.75 Å². The number of hydrogen-bond acceptors (Lipinski definition) is 3. The first-order chi connectivity index (χ1) is 9.13. The van der Waals surface area contributed by atoms with Gasteiger partial charge in [-0.2, -0.15) is 0 Å². The highest BCUT2D eigenvalue weighted by atomic mass is 16.5. The summed E-state index contributed by atoms with van der Waals surface area (Å²) in [5, 5.41) is 12.5. The van der Waals surface area contributed by atoms with Crippen molar-refractivity contribution in [2.24, 2.45) is 5.92 Å². The second-order valence-electron chi connectivity index (χ2n) is 5.53. The van der Waals surface area contributed by atoms with Crippen molar-refractivity contribution in [3.05, 3.63) is 29.3 Å². The minimum atomic E-state index is -0.209. The summed E-state index contributed by atoms with van der Waals surface area (Å²) in [4.78, 5) is 11.4. The van der Waals surface area contributed by atoms with Crippen LogP contribution < -0.4 is 10.1 Å². The Bertz CT molecular complexity index is 494. The van der Waals surface area contributed by atoms with E-state index in [0.717, 1.165) is 37.2 Å². The lowest BCUT2D eigenvalue weighted by molar-refractivity contribution is -0.120. The number of nitrogens with one attached hydrogen (secondary N) is 1. The molecule has 1 saturated carbocycles. The molecule has 1 aromatic rings. The van der Waals surface area contributed by atoms with Crippen molar-refractivity contribution in [3.8, 4) is 5.75 Å². The molecule has 4 heteroatoms. The van der Waals surface area contributed by atoms with Gasteiger partial charge in [-0.15, -0.1) is 0 Å². The Morgan fingerprint density at radius 3 is 2.95 bits per heavy atom. The van der Waals surface area contributed by atoms with E-state index in [1.165, 1.54) is 5.56 Å².